The number of thioether (sulfide) groups is 1. The normalized spacial score (nSPS) is 14.4. The first-order valence-electron chi connectivity index (χ1n) is 6.72. The second-order valence-electron chi connectivity index (χ2n) is 4.95. The van der Waals surface area contributed by atoms with Crippen LogP contribution in [0.5, 0.6) is 0 Å². The van der Waals surface area contributed by atoms with E-state index in [0.29, 0.717) is 4.90 Å². The summed E-state index contributed by atoms with van der Waals surface area (Å²) in [4.78, 5) is 13.7. The van der Waals surface area contributed by atoms with E-state index >= 15 is 0 Å². The molecule has 2 aromatic rings. The molecule has 1 aromatic heterocycles. The maximum Gasteiger partial charge on any atom is 0.472 e. The van der Waals surface area contributed by atoms with Crippen molar-refractivity contribution in [1.82, 2.24) is 0 Å². The molecule has 0 N–H and O–H groups in total. The topological polar surface area (TPSA) is 20.3 Å². The van der Waals surface area contributed by atoms with Gasteiger partial charge >= 0.3 is 12.1 Å². The van der Waals surface area contributed by atoms with Crippen molar-refractivity contribution in [3.05, 3.63) is 45.8 Å². The van der Waals surface area contributed by atoms with E-state index in [0.717, 1.165) is 28.4 Å². The summed E-state index contributed by atoms with van der Waals surface area (Å²) in [6.45, 7) is 0. The number of carbonyl (C=O) groups excluding carboxylic acids is 1. The molecule has 2 nitrogen and oxygen atoms in total. The molecule has 2 heterocycles. The Morgan fingerprint density at radius 2 is 2.04 bits per heavy atom. The highest BCUT2D eigenvalue weighted by Gasteiger charge is 2.44. The van der Waals surface area contributed by atoms with Gasteiger partial charge in [-0.2, -0.15) is 24.9 Å². The Labute approximate surface area is 144 Å². The predicted molar refractivity (Wildman–Crippen MR) is 88.8 cm³/mol. The minimum Gasteiger partial charge on any atom is -0.264 e. The maximum absolute atomic E-state index is 13.0. The molecule has 3 rings (SSSR count). The van der Waals surface area contributed by atoms with Gasteiger partial charge in [-0.3, -0.25) is 9.69 Å². The molecule has 1 amide bonds. The summed E-state index contributed by atoms with van der Waals surface area (Å²) in [5.74, 6) is -0.206. The van der Waals surface area contributed by atoms with E-state index in [4.69, 9.17) is 11.6 Å². The first-order valence-corrected chi connectivity index (χ1v) is 9.07. The molecule has 0 saturated heterocycles. The lowest BCUT2D eigenvalue weighted by atomic mass is 10.2. The standard InChI is InChI=1S/C15H11ClF3NOS2/c16-10-2-1-3-11(7-10)20(14(21)15(17,18)19)13-6-9-4-5-22-8-12(9)23-13/h1-3,6-7H,4-5,8H2. The first kappa shape index (κ1) is 16.7. The summed E-state index contributed by atoms with van der Waals surface area (Å²) in [7, 11) is 0. The number of halogens is 4. The maximum atomic E-state index is 13.0. The molecule has 122 valence electrons. The second-order valence-corrected chi connectivity index (χ2v) is 7.61. The Balaban J connectivity index is 2.08. The smallest absolute Gasteiger partial charge is 0.264 e. The van der Waals surface area contributed by atoms with Crippen LogP contribution < -0.4 is 4.90 Å². The summed E-state index contributed by atoms with van der Waals surface area (Å²) in [6.07, 6.45) is -4.15. The Morgan fingerprint density at radius 1 is 1.26 bits per heavy atom. The average molecular weight is 378 g/mol. The van der Waals surface area contributed by atoms with Gasteiger partial charge in [0, 0.05) is 15.7 Å². The molecule has 0 unspecified atom stereocenters. The zero-order valence-electron chi connectivity index (χ0n) is 11.7. The van der Waals surface area contributed by atoms with E-state index in [2.05, 4.69) is 0 Å². The lowest BCUT2D eigenvalue weighted by Gasteiger charge is -2.22. The highest BCUT2D eigenvalue weighted by molar-refractivity contribution is 7.98. The van der Waals surface area contributed by atoms with Crippen LogP contribution in [0.15, 0.2) is 30.3 Å². The van der Waals surface area contributed by atoms with Gasteiger partial charge in [-0.1, -0.05) is 17.7 Å². The molecule has 0 atom stereocenters. The fraction of sp³-hybridized carbons (Fsp3) is 0.267. The number of carbonyl (C=O) groups is 1. The van der Waals surface area contributed by atoms with E-state index in [1.54, 1.807) is 23.9 Å². The van der Waals surface area contributed by atoms with Crippen LogP contribution in [-0.4, -0.2) is 17.8 Å². The van der Waals surface area contributed by atoms with Crippen LogP contribution in [0.25, 0.3) is 0 Å². The van der Waals surface area contributed by atoms with Crippen LogP contribution in [0.3, 0.4) is 0 Å². The Bertz CT molecular complexity index is 721. The van der Waals surface area contributed by atoms with Gasteiger partial charge in [0.15, 0.2) is 0 Å². The van der Waals surface area contributed by atoms with Crippen molar-refractivity contribution < 1.29 is 18.0 Å². The largest absolute Gasteiger partial charge is 0.472 e. The van der Waals surface area contributed by atoms with Crippen molar-refractivity contribution in [2.75, 3.05) is 10.7 Å². The molecule has 1 aromatic carbocycles. The number of rotatable bonds is 2. The molecule has 0 aliphatic carbocycles. The van der Waals surface area contributed by atoms with Crippen LogP contribution in [0.2, 0.25) is 5.02 Å². The zero-order chi connectivity index (χ0) is 16.6. The second kappa shape index (κ2) is 6.37. The van der Waals surface area contributed by atoms with Crippen molar-refractivity contribution in [2.24, 2.45) is 0 Å². The summed E-state index contributed by atoms with van der Waals surface area (Å²) in [5, 5.41) is 0.557. The number of hydrogen-bond acceptors (Lipinski definition) is 3. The molecule has 0 radical (unpaired) electrons. The highest BCUT2D eigenvalue weighted by Crippen LogP contribution is 2.41. The average Bonchev–Trinajstić information content (AvgIpc) is 2.90. The van der Waals surface area contributed by atoms with Crippen LogP contribution in [0.1, 0.15) is 10.4 Å². The zero-order valence-corrected chi connectivity index (χ0v) is 14.1. The number of hydrogen-bond donors (Lipinski definition) is 0. The van der Waals surface area contributed by atoms with Crippen molar-refractivity contribution >= 4 is 51.3 Å². The number of anilines is 2. The van der Waals surface area contributed by atoms with Gasteiger partial charge in [0.2, 0.25) is 0 Å². The third kappa shape index (κ3) is 3.51. The van der Waals surface area contributed by atoms with E-state index in [-0.39, 0.29) is 15.7 Å². The molecule has 0 spiro atoms. The highest BCUT2D eigenvalue weighted by atomic mass is 35.5. The Kier molecular flexibility index (Phi) is 4.62. The molecule has 0 bridgehead atoms. The molecule has 1 aliphatic heterocycles. The predicted octanol–water partition coefficient (Wildman–Crippen LogP) is 5.42. The van der Waals surface area contributed by atoms with Gasteiger partial charge in [-0.15, -0.1) is 11.3 Å². The number of nitrogens with zero attached hydrogens (tertiary/aromatic N) is 1. The number of amides is 1. The fourth-order valence-electron chi connectivity index (χ4n) is 2.33. The van der Waals surface area contributed by atoms with Gasteiger partial charge in [0.25, 0.3) is 0 Å². The minimum absolute atomic E-state index is 0.117. The van der Waals surface area contributed by atoms with E-state index < -0.39 is 12.1 Å². The monoisotopic (exact) mass is 377 g/mol. The van der Waals surface area contributed by atoms with Gasteiger partial charge in [-0.25, -0.2) is 0 Å². The van der Waals surface area contributed by atoms with Crippen molar-refractivity contribution in [3.63, 3.8) is 0 Å². The van der Waals surface area contributed by atoms with Gasteiger partial charge in [-0.05, 0) is 42.0 Å². The molecule has 23 heavy (non-hydrogen) atoms. The number of alkyl halides is 3. The van der Waals surface area contributed by atoms with Gasteiger partial charge in [0.1, 0.15) is 5.00 Å². The summed E-state index contributed by atoms with van der Waals surface area (Å²) >= 11 is 8.85. The molecule has 0 saturated carbocycles. The summed E-state index contributed by atoms with van der Waals surface area (Å²) in [5.41, 5.74) is 1.14. The first-order chi connectivity index (χ1) is 10.9. The Morgan fingerprint density at radius 3 is 2.70 bits per heavy atom. The molecule has 0 fully saturated rings. The number of aryl methyl sites for hydroxylation is 1. The number of thiophene rings is 1. The molecular weight excluding hydrogens is 367 g/mol. The molecule has 1 aliphatic rings. The molecular formula is C15H11ClF3NOS2. The SMILES string of the molecule is O=C(N(c1cccc(Cl)c1)c1cc2c(s1)CSCC2)C(F)(F)F. The number of fused-ring (bicyclic) bond motifs is 1. The molecule has 8 heteroatoms. The number of benzene rings is 1. The quantitative estimate of drug-likeness (QED) is 0.696. The summed E-state index contributed by atoms with van der Waals surface area (Å²) in [6, 6.07) is 7.57. The van der Waals surface area contributed by atoms with Gasteiger partial charge < -0.3 is 0 Å². The summed E-state index contributed by atoms with van der Waals surface area (Å²) < 4.78 is 39.1. The van der Waals surface area contributed by atoms with E-state index in [1.165, 1.54) is 29.5 Å². The van der Waals surface area contributed by atoms with Crippen LogP contribution in [0.4, 0.5) is 23.9 Å². The fourth-order valence-corrected chi connectivity index (χ4v) is 4.90. The van der Waals surface area contributed by atoms with Crippen LogP contribution >= 0.6 is 34.7 Å². The third-order valence-corrected chi connectivity index (χ3v) is 5.93. The van der Waals surface area contributed by atoms with E-state index in [9.17, 15) is 18.0 Å². The minimum atomic E-state index is -4.96. The van der Waals surface area contributed by atoms with Crippen molar-refractivity contribution in [2.45, 2.75) is 18.3 Å². The van der Waals surface area contributed by atoms with Crippen LogP contribution in [-0.2, 0) is 17.0 Å². The lowest BCUT2D eigenvalue weighted by Crippen LogP contribution is -2.37. The van der Waals surface area contributed by atoms with Crippen molar-refractivity contribution in [3.8, 4) is 0 Å². The van der Waals surface area contributed by atoms with Crippen LogP contribution in [0, 0.1) is 0 Å². The lowest BCUT2D eigenvalue weighted by molar-refractivity contribution is -0.169. The van der Waals surface area contributed by atoms with Crippen molar-refractivity contribution in [1.29, 1.82) is 0 Å². The third-order valence-electron chi connectivity index (χ3n) is 3.36. The van der Waals surface area contributed by atoms with Gasteiger partial charge in [0.05, 0.1) is 5.69 Å². The van der Waals surface area contributed by atoms with E-state index in [1.807, 2.05) is 0 Å². The Hall–Kier alpha value is -1.18.